The molecule has 0 radical (unpaired) electrons. The lowest BCUT2D eigenvalue weighted by atomic mass is 9.68. The summed E-state index contributed by atoms with van der Waals surface area (Å²) in [7, 11) is 2.05. The minimum absolute atomic E-state index is 0.531. The average Bonchev–Trinajstić information content (AvgIpc) is 2.27. The van der Waals surface area contributed by atoms with Gasteiger partial charge in [0.25, 0.3) is 0 Å². The molecule has 2 rings (SSSR count). The fourth-order valence-electron chi connectivity index (χ4n) is 2.54. The summed E-state index contributed by atoms with van der Waals surface area (Å²) in [5.41, 5.74) is 1.91. The van der Waals surface area contributed by atoms with E-state index in [2.05, 4.69) is 48.0 Å². The summed E-state index contributed by atoms with van der Waals surface area (Å²) >= 11 is 0. The van der Waals surface area contributed by atoms with E-state index < -0.39 is 0 Å². The number of benzene rings is 1. The molecule has 2 nitrogen and oxygen atoms in total. The van der Waals surface area contributed by atoms with Gasteiger partial charge in [-0.3, -0.25) is 0 Å². The quantitative estimate of drug-likeness (QED) is 0.764. The molecule has 1 fully saturated rings. The van der Waals surface area contributed by atoms with Crippen LogP contribution in [0.25, 0.3) is 0 Å². The number of hydrogen-bond donors (Lipinski definition) is 2. The van der Waals surface area contributed by atoms with E-state index in [1.165, 1.54) is 24.8 Å². The zero-order valence-corrected chi connectivity index (χ0v) is 10.1. The Hall–Kier alpha value is -0.860. The normalized spacial score (nSPS) is 18.1. The van der Waals surface area contributed by atoms with Gasteiger partial charge in [-0.15, -0.1) is 0 Å². The third kappa shape index (κ3) is 2.83. The second kappa shape index (κ2) is 5.46. The molecule has 1 saturated carbocycles. The van der Waals surface area contributed by atoms with Gasteiger partial charge in [0.15, 0.2) is 0 Å². The van der Waals surface area contributed by atoms with Gasteiger partial charge < -0.3 is 10.6 Å². The molecule has 1 aromatic rings. The Kier molecular flexibility index (Phi) is 3.97. The van der Waals surface area contributed by atoms with Crippen molar-refractivity contribution in [2.24, 2.45) is 5.41 Å². The van der Waals surface area contributed by atoms with Crippen LogP contribution in [0, 0.1) is 5.41 Å². The van der Waals surface area contributed by atoms with Gasteiger partial charge in [-0.05, 0) is 30.9 Å². The maximum absolute atomic E-state index is 3.59. The van der Waals surface area contributed by atoms with Crippen LogP contribution in [0.4, 0.5) is 0 Å². The molecule has 0 spiro atoms. The fourth-order valence-corrected chi connectivity index (χ4v) is 2.54. The zero-order chi connectivity index (χ0) is 11.3. The first-order valence-corrected chi connectivity index (χ1v) is 6.24. The van der Waals surface area contributed by atoms with Gasteiger partial charge in [0, 0.05) is 19.6 Å². The van der Waals surface area contributed by atoms with Crippen LogP contribution in [0.2, 0.25) is 0 Å². The SMILES string of the molecule is CNCC1(CNCc2ccccc2)CCC1. The van der Waals surface area contributed by atoms with Gasteiger partial charge >= 0.3 is 0 Å². The first-order valence-electron chi connectivity index (χ1n) is 6.24. The lowest BCUT2D eigenvalue weighted by molar-refractivity contribution is 0.130. The number of nitrogens with one attached hydrogen (secondary N) is 2. The largest absolute Gasteiger partial charge is 0.319 e. The summed E-state index contributed by atoms with van der Waals surface area (Å²) in [4.78, 5) is 0. The summed E-state index contributed by atoms with van der Waals surface area (Å²) in [6, 6.07) is 10.6. The number of rotatable bonds is 6. The smallest absolute Gasteiger partial charge is 0.0205 e. The van der Waals surface area contributed by atoms with Crippen molar-refractivity contribution in [1.29, 1.82) is 0 Å². The van der Waals surface area contributed by atoms with Crippen molar-refractivity contribution < 1.29 is 0 Å². The van der Waals surface area contributed by atoms with E-state index in [4.69, 9.17) is 0 Å². The molecule has 0 atom stereocenters. The van der Waals surface area contributed by atoms with Gasteiger partial charge in [-0.2, -0.15) is 0 Å². The van der Waals surface area contributed by atoms with E-state index in [9.17, 15) is 0 Å². The van der Waals surface area contributed by atoms with Gasteiger partial charge in [0.05, 0.1) is 0 Å². The van der Waals surface area contributed by atoms with E-state index in [0.717, 1.165) is 19.6 Å². The first-order chi connectivity index (χ1) is 7.85. The van der Waals surface area contributed by atoms with Crippen molar-refractivity contribution in [2.75, 3.05) is 20.1 Å². The molecule has 88 valence electrons. The van der Waals surface area contributed by atoms with Crippen LogP contribution in [0.1, 0.15) is 24.8 Å². The van der Waals surface area contributed by atoms with Crippen molar-refractivity contribution in [1.82, 2.24) is 10.6 Å². The van der Waals surface area contributed by atoms with E-state index in [-0.39, 0.29) is 0 Å². The topological polar surface area (TPSA) is 24.1 Å². The van der Waals surface area contributed by atoms with Crippen molar-refractivity contribution in [3.05, 3.63) is 35.9 Å². The molecule has 1 aromatic carbocycles. The van der Waals surface area contributed by atoms with Crippen LogP contribution >= 0.6 is 0 Å². The second-order valence-corrected chi connectivity index (χ2v) is 4.97. The van der Waals surface area contributed by atoms with Crippen molar-refractivity contribution in [3.8, 4) is 0 Å². The molecule has 2 heteroatoms. The molecule has 0 aromatic heterocycles. The third-order valence-corrected chi connectivity index (χ3v) is 3.64. The minimum Gasteiger partial charge on any atom is -0.319 e. The maximum atomic E-state index is 3.59. The Morgan fingerprint density at radius 1 is 1.12 bits per heavy atom. The van der Waals surface area contributed by atoms with Crippen molar-refractivity contribution in [2.45, 2.75) is 25.8 Å². The molecule has 0 saturated heterocycles. The van der Waals surface area contributed by atoms with Crippen LogP contribution in [-0.2, 0) is 6.54 Å². The predicted molar refractivity (Wildman–Crippen MR) is 68.4 cm³/mol. The van der Waals surface area contributed by atoms with Gasteiger partial charge in [-0.25, -0.2) is 0 Å². The molecule has 0 heterocycles. The molecule has 1 aliphatic rings. The summed E-state index contributed by atoms with van der Waals surface area (Å²) < 4.78 is 0. The molecule has 0 bridgehead atoms. The molecular weight excluding hydrogens is 196 g/mol. The van der Waals surface area contributed by atoms with E-state index in [1.807, 2.05) is 0 Å². The van der Waals surface area contributed by atoms with Crippen molar-refractivity contribution in [3.63, 3.8) is 0 Å². The number of hydrogen-bond acceptors (Lipinski definition) is 2. The highest BCUT2D eigenvalue weighted by Gasteiger charge is 2.35. The average molecular weight is 218 g/mol. The molecule has 0 amide bonds. The summed E-state index contributed by atoms with van der Waals surface area (Å²) in [6.45, 7) is 3.28. The van der Waals surface area contributed by atoms with E-state index in [0.29, 0.717) is 5.41 Å². The first kappa shape index (κ1) is 11.6. The Balaban J connectivity index is 1.75. The van der Waals surface area contributed by atoms with Crippen molar-refractivity contribution >= 4 is 0 Å². The highest BCUT2D eigenvalue weighted by molar-refractivity contribution is 5.14. The molecule has 0 aliphatic heterocycles. The van der Waals surface area contributed by atoms with Crippen LogP contribution in [0.5, 0.6) is 0 Å². The Labute approximate surface area is 98.4 Å². The van der Waals surface area contributed by atoms with Crippen LogP contribution < -0.4 is 10.6 Å². The van der Waals surface area contributed by atoms with Gasteiger partial charge in [0.2, 0.25) is 0 Å². The van der Waals surface area contributed by atoms with Crippen LogP contribution in [0.3, 0.4) is 0 Å². The highest BCUT2D eigenvalue weighted by atomic mass is 14.9. The van der Waals surface area contributed by atoms with Crippen LogP contribution in [0.15, 0.2) is 30.3 Å². The van der Waals surface area contributed by atoms with E-state index in [1.54, 1.807) is 0 Å². The maximum Gasteiger partial charge on any atom is 0.0205 e. The monoisotopic (exact) mass is 218 g/mol. The lowest BCUT2D eigenvalue weighted by Gasteiger charge is -2.42. The van der Waals surface area contributed by atoms with Gasteiger partial charge in [-0.1, -0.05) is 36.8 Å². The molecule has 16 heavy (non-hydrogen) atoms. The predicted octanol–water partition coefficient (Wildman–Crippen LogP) is 2.17. The molecule has 0 unspecified atom stereocenters. The summed E-state index contributed by atoms with van der Waals surface area (Å²) in [6.07, 6.45) is 4.14. The van der Waals surface area contributed by atoms with Crippen LogP contribution in [-0.4, -0.2) is 20.1 Å². The Bertz CT molecular complexity index is 304. The Morgan fingerprint density at radius 2 is 1.88 bits per heavy atom. The zero-order valence-electron chi connectivity index (χ0n) is 10.1. The summed E-state index contributed by atoms with van der Waals surface area (Å²) in [5.74, 6) is 0. The molecular formula is C14H22N2. The Morgan fingerprint density at radius 3 is 2.44 bits per heavy atom. The third-order valence-electron chi connectivity index (χ3n) is 3.64. The van der Waals surface area contributed by atoms with E-state index >= 15 is 0 Å². The summed E-state index contributed by atoms with van der Waals surface area (Å²) in [5, 5.41) is 6.91. The lowest BCUT2D eigenvalue weighted by Crippen LogP contribution is -2.46. The fraction of sp³-hybridized carbons (Fsp3) is 0.571. The van der Waals surface area contributed by atoms with Gasteiger partial charge in [0.1, 0.15) is 0 Å². The molecule has 2 N–H and O–H groups in total. The minimum atomic E-state index is 0.531. The highest BCUT2D eigenvalue weighted by Crippen LogP contribution is 2.39. The standard InChI is InChI=1S/C14H22N2/c1-15-11-14(8-5-9-14)12-16-10-13-6-3-2-4-7-13/h2-4,6-7,15-16H,5,8-12H2,1H3. The molecule has 1 aliphatic carbocycles. The second-order valence-electron chi connectivity index (χ2n) is 4.97.